The highest BCUT2D eigenvalue weighted by molar-refractivity contribution is 7.89. The molecule has 7 nitrogen and oxygen atoms in total. The van der Waals surface area contributed by atoms with Crippen molar-refractivity contribution in [2.45, 2.75) is 4.90 Å². The summed E-state index contributed by atoms with van der Waals surface area (Å²) < 4.78 is 22.7. The van der Waals surface area contributed by atoms with Crippen LogP contribution in [0, 0.1) is 0 Å². The van der Waals surface area contributed by atoms with Crippen molar-refractivity contribution in [1.29, 1.82) is 0 Å². The van der Waals surface area contributed by atoms with Crippen molar-refractivity contribution in [2.24, 2.45) is 5.14 Å². The van der Waals surface area contributed by atoms with E-state index in [-0.39, 0.29) is 15.5 Å². The molecule has 0 radical (unpaired) electrons. The summed E-state index contributed by atoms with van der Waals surface area (Å²) in [5.41, 5.74) is 4.38. The Hall–Kier alpha value is -1.94. The van der Waals surface area contributed by atoms with Crippen molar-refractivity contribution >= 4 is 44.8 Å². The van der Waals surface area contributed by atoms with Gasteiger partial charge < -0.3 is 0 Å². The van der Waals surface area contributed by atoms with Crippen molar-refractivity contribution < 1.29 is 18.0 Å². The number of carbonyl (C=O) groups excluding carboxylic acids is 2. The third-order valence-corrected chi connectivity index (χ3v) is 4.80. The molecule has 1 heterocycles. The van der Waals surface area contributed by atoms with E-state index in [4.69, 9.17) is 16.7 Å². The molecule has 22 heavy (non-hydrogen) atoms. The van der Waals surface area contributed by atoms with Crippen molar-refractivity contribution in [3.05, 3.63) is 51.2 Å². The van der Waals surface area contributed by atoms with Crippen LogP contribution in [-0.2, 0) is 10.0 Å². The number of halogens is 1. The highest BCUT2D eigenvalue weighted by Crippen LogP contribution is 2.21. The predicted octanol–water partition coefficient (Wildman–Crippen LogP) is 1.12. The van der Waals surface area contributed by atoms with Gasteiger partial charge in [-0.3, -0.25) is 20.4 Å². The highest BCUT2D eigenvalue weighted by atomic mass is 35.5. The Kier molecular flexibility index (Phi) is 4.81. The van der Waals surface area contributed by atoms with Crippen LogP contribution in [0.3, 0.4) is 0 Å². The van der Waals surface area contributed by atoms with E-state index >= 15 is 0 Å². The maximum Gasteiger partial charge on any atom is 0.279 e. The Labute approximate surface area is 135 Å². The summed E-state index contributed by atoms with van der Waals surface area (Å²) in [6.45, 7) is 0. The Balaban J connectivity index is 2.12. The van der Waals surface area contributed by atoms with Gasteiger partial charge in [0.15, 0.2) is 0 Å². The van der Waals surface area contributed by atoms with E-state index in [1.54, 1.807) is 17.5 Å². The Morgan fingerprint density at radius 2 is 1.82 bits per heavy atom. The van der Waals surface area contributed by atoms with Crippen LogP contribution in [0.15, 0.2) is 40.6 Å². The van der Waals surface area contributed by atoms with E-state index in [0.717, 1.165) is 6.07 Å². The number of rotatable bonds is 3. The van der Waals surface area contributed by atoms with Crippen LogP contribution >= 0.6 is 22.9 Å². The minimum atomic E-state index is -4.05. The second-order valence-corrected chi connectivity index (χ2v) is 6.96. The first-order chi connectivity index (χ1) is 10.3. The van der Waals surface area contributed by atoms with Crippen molar-refractivity contribution in [3.63, 3.8) is 0 Å². The molecule has 0 bridgehead atoms. The normalized spacial score (nSPS) is 11.0. The van der Waals surface area contributed by atoms with Gasteiger partial charge in [-0.15, -0.1) is 11.3 Å². The van der Waals surface area contributed by atoms with Gasteiger partial charge in [0.1, 0.15) is 4.90 Å². The maximum absolute atomic E-state index is 11.9. The topological polar surface area (TPSA) is 118 Å². The van der Waals surface area contributed by atoms with Crippen LogP contribution in [0.1, 0.15) is 20.0 Å². The standard InChI is InChI=1S/C12H10ClN3O4S2/c13-8-4-3-7(6-10(8)22(14,19)20)11(17)15-16-12(18)9-2-1-5-21-9/h1-6H,(H,15,17)(H,16,18)(H2,14,19,20). The number of sulfonamides is 1. The zero-order chi connectivity index (χ0) is 16.3. The molecular weight excluding hydrogens is 350 g/mol. The molecule has 2 rings (SSSR count). The molecule has 0 saturated heterocycles. The minimum absolute atomic E-state index is 0.0140. The molecule has 0 saturated carbocycles. The van der Waals surface area contributed by atoms with Gasteiger partial charge >= 0.3 is 0 Å². The van der Waals surface area contributed by atoms with Gasteiger partial charge in [-0.2, -0.15) is 0 Å². The molecule has 1 aromatic carbocycles. The molecule has 116 valence electrons. The summed E-state index contributed by atoms with van der Waals surface area (Å²) in [5, 5.41) is 6.62. The fourth-order valence-electron chi connectivity index (χ4n) is 1.52. The number of primary sulfonamides is 1. The highest BCUT2D eigenvalue weighted by Gasteiger charge is 2.17. The van der Waals surface area contributed by atoms with Crippen LogP contribution in [-0.4, -0.2) is 20.2 Å². The molecule has 0 aliphatic heterocycles. The molecule has 2 amide bonds. The Morgan fingerprint density at radius 3 is 2.41 bits per heavy atom. The van der Waals surface area contributed by atoms with Gasteiger partial charge in [0, 0.05) is 5.56 Å². The first kappa shape index (κ1) is 16.4. The number of benzene rings is 1. The number of hydrogen-bond donors (Lipinski definition) is 3. The molecule has 2 aromatic rings. The van der Waals surface area contributed by atoms with E-state index < -0.39 is 21.8 Å². The zero-order valence-corrected chi connectivity index (χ0v) is 13.3. The quantitative estimate of drug-likeness (QED) is 0.711. The average molecular weight is 360 g/mol. The second-order valence-electron chi connectivity index (χ2n) is 4.08. The largest absolute Gasteiger partial charge is 0.279 e. The first-order valence-corrected chi connectivity index (χ1v) is 8.56. The van der Waals surface area contributed by atoms with Gasteiger partial charge in [-0.05, 0) is 29.6 Å². The smallest absolute Gasteiger partial charge is 0.267 e. The SMILES string of the molecule is NS(=O)(=O)c1cc(C(=O)NNC(=O)c2cccs2)ccc1Cl. The van der Waals surface area contributed by atoms with E-state index in [1.807, 2.05) is 0 Å². The van der Waals surface area contributed by atoms with E-state index in [9.17, 15) is 18.0 Å². The number of amides is 2. The monoisotopic (exact) mass is 359 g/mol. The maximum atomic E-state index is 11.9. The van der Waals surface area contributed by atoms with Gasteiger partial charge in [0.25, 0.3) is 11.8 Å². The van der Waals surface area contributed by atoms with Gasteiger partial charge in [-0.25, -0.2) is 13.6 Å². The lowest BCUT2D eigenvalue weighted by molar-refractivity contribution is 0.0849. The van der Waals surface area contributed by atoms with Crippen LogP contribution in [0.5, 0.6) is 0 Å². The summed E-state index contributed by atoms with van der Waals surface area (Å²) in [5.74, 6) is -1.18. The molecule has 10 heteroatoms. The molecular formula is C12H10ClN3O4S2. The van der Waals surface area contributed by atoms with Crippen LogP contribution in [0.2, 0.25) is 5.02 Å². The predicted molar refractivity (Wildman–Crippen MR) is 82.1 cm³/mol. The fraction of sp³-hybridized carbons (Fsp3) is 0. The molecule has 0 unspecified atom stereocenters. The minimum Gasteiger partial charge on any atom is -0.267 e. The van der Waals surface area contributed by atoms with Gasteiger partial charge in [0.2, 0.25) is 10.0 Å². The number of carbonyl (C=O) groups is 2. The lowest BCUT2D eigenvalue weighted by atomic mass is 10.2. The van der Waals surface area contributed by atoms with Crippen molar-refractivity contribution in [2.75, 3.05) is 0 Å². The lowest BCUT2D eigenvalue weighted by Gasteiger charge is -2.08. The molecule has 0 aliphatic carbocycles. The summed E-state index contributed by atoms with van der Waals surface area (Å²) in [7, 11) is -4.05. The van der Waals surface area contributed by atoms with Gasteiger partial charge in [0.05, 0.1) is 9.90 Å². The van der Waals surface area contributed by atoms with Gasteiger partial charge in [-0.1, -0.05) is 17.7 Å². The zero-order valence-electron chi connectivity index (χ0n) is 10.9. The number of hydrogen-bond acceptors (Lipinski definition) is 5. The number of nitrogens with two attached hydrogens (primary N) is 1. The average Bonchev–Trinajstić information content (AvgIpc) is 2.97. The molecule has 0 fully saturated rings. The van der Waals surface area contributed by atoms with Crippen LogP contribution < -0.4 is 16.0 Å². The molecule has 0 aliphatic rings. The fourth-order valence-corrected chi connectivity index (χ4v) is 3.21. The van der Waals surface area contributed by atoms with Crippen molar-refractivity contribution in [3.8, 4) is 0 Å². The molecule has 0 atom stereocenters. The van der Waals surface area contributed by atoms with E-state index in [0.29, 0.717) is 4.88 Å². The summed E-state index contributed by atoms with van der Waals surface area (Å²) in [4.78, 5) is 23.6. The summed E-state index contributed by atoms with van der Waals surface area (Å²) >= 11 is 6.93. The Bertz CT molecular complexity index is 819. The van der Waals surface area contributed by atoms with E-state index in [2.05, 4.69) is 10.9 Å². The van der Waals surface area contributed by atoms with Crippen LogP contribution in [0.4, 0.5) is 0 Å². The van der Waals surface area contributed by atoms with Crippen LogP contribution in [0.25, 0.3) is 0 Å². The third kappa shape index (κ3) is 3.83. The first-order valence-electron chi connectivity index (χ1n) is 5.75. The molecule has 4 N–H and O–H groups in total. The third-order valence-electron chi connectivity index (χ3n) is 2.53. The van der Waals surface area contributed by atoms with E-state index in [1.165, 1.54) is 23.5 Å². The Morgan fingerprint density at radius 1 is 1.14 bits per heavy atom. The number of hydrazine groups is 1. The summed E-state index contributed by atoms with van der Waals surface area (Å²) in [6.07, 6.45) is 0. The number of thiophene rings is 1. The molecule has 1 aromatic heterocycles. The van der Waals surface area contributed by atoms with Crippen molar-refractivity contribution in [1.82, 2.24) is 10.9 Å². The summed E-state index contributed by atoms with van der Waals surface area (Å²) in [6, 6.07) is 6.86. The molecule has 0 spiro atoms. The second kappa shape index (κ2) is 6.44. The number of nitrogens with one attached hydrogen (secondary N) is 2. The lowest BCUT2D eigenvalue weighted by Crippen LogP contribution is -2.41.